The van der Waals surface area contributed by atoms with E-state index in [-0.39, 0.29) is 12.1 Å². The molecule has 1 saturated carbocycles. The summed E-state index contributed by atoms with van der Waals surface area (Å²) in [6.07, 6.45) is 4.99. The van der Waals surface area contributed by atoms with Gasteiger partial charge < -0.3 is 18.9 Å². The molecular formula is C21H29BrN2O3. The first-order valence-corrected chi connectivity index (χ1v) is 10.3. The molecule has 0 spiro atoms. The molecule has 6 heteroatoms. The van der Waals surface area contributed by atoms with E-state index < -0.39 is 5.60 Å². The number of fused-ring (bicyclic) bond motifs is 1. The summed E-state index contributed by atoms with van der Waals surface area (Å²) in [5.74, 6) is 0. The molecule has 1 heterocycles. The van der Waals surface area contributed by atoms with Crippen molar-refractivity contribution >= 4 is 32.9 Å². The highest BCUT2D eigenvalue weighted by Crippen LogP contribution is 2.34. The molecule has 27 heavy (non-hydrogen) atoms. The maximum absolute atomic E-state index is 12.8. The summed E-state index contributed by atoms with van der Waals surface area (Å²) >= 11 is 3.70. The lowest BCUT2D eigenvalue weighted by molar-refractivity contribution is 0.0217. The lowest BCUT2D eigenvalue weighted by Gasteiger charge is -2.27. The van der Waals surface area contributed by atoms with E-state index in [0.717, 1.165) is 42.5 Å². The number of ether oxygens (including phenoxy) is 2. The molecular weight excluding hydrogens is 408 g/mol. The smallest absolute Gasteiger partial charge is 0.410 e. The number of hydrogen-bond donors (Lipinski definition) is 0. The van der Waals surface area contributed by atoms with Crippen LogP contribution in [-0.4, -0.2) is 40.9 Å². The molecule has 1 aliphatic carbocycles. The van der Waals surface area contributed by atoms with E-state index >= 15 is 0 Å². The van der Waals surface area contributed by atoms with Crippen molar-refractivity contribution in [2.75, 3.05) is 13.7 Å². The molecule has 0 saturated heterocycles. The number of amides is 1. The molecule has 1 aliphatic rings. The molecule has 0 radical (unpaired) electrons. The van der Waals surface area contributed by atoms with Gasteiger partial charge >= 0.3 is 6.09 Å². The fourth-order valence-electron chi connectivity index (χ4n) is 3.31. The Hall–Kier alpha value is -1.53. The number of nitrogens with zero attached hydrogens (tertiary/aromatic N) is 2. The Morgan fingerprint density at radius 3 is 2.70 bits per heavy atom. The van der Waals surface area contributed by atoms with Crippen LogP contribution in [0.15, 0.2) is 28.9 Å². The lowest BCUT2D eigenvalue weighted by atomic mass is 10.1. The average molecular weight is 437 g/mol. The van der Waals surface area contributed by atoms with Gasteiger partial charge in [-0.05, 0) is 57.7 Å². The number of carbonyl (C=O) groups excluding carboxylic acids is 1. The zero-order valence-corrected chi connectivity index (χ0v) is 18.2. The number of aromatic nitrogens is 1. The van der Waals surface area contributed by atoms with Crippen molar-refractivity contribution in [2.45, 2.75) is 64.8 Å². The number of methoxy groups -OCH3 is 1. The van der Waals surface area contributed by atoms with E-state index in [1.54, 1.807) is 7.11 Å². The van der Waals surface area contributed by atoms with E-state index in [1.165, 1.54) is 10.9 Å². The minimum absolute atomic E-state index is 0.225. The third kappa shape index (κ3) is 5.05. The highest BCUT2D eigenvalue weighted by Gasteiger charge is 2.35. The second-order valence-corrected chi connectivity index (χ2v) is 9.02. The maximum Gasteiger partial charge on any atom is 0.410 e. The largest absolute Gasteiger partial charge is 0.444 e. The number of benzene rings is 1. The molecule has 0 aliphatic heterocycles. The van der Waals surface area contributed by atoms with Gasteiger partial charge in [0.05, 0.1) is 6.54 Å². The van der Waals surface area contributed by atoms with Crippen LogP contribution >= 0.6 is 15.9 Å². The van der Waals surface area contributed by atoms with Crippen LogP contribution in [0.2, 0.25) is 0 Å². The van der Waals surface area contributed by atoms with Crippen LogP contribution in [0.3, 0.4) is 0 Å². The summed E-state index contributed by atoms with van der Waals surface area (Å²) < 4.78 is 14.2. The third-order valence-corrected chi connectivity index (χ3v) is 5.30. The van der Waals surface area contributed by atoms with Crippen molar-refractivity contribution in [3.8, 4) is 0 Å². The Bertz CT molecular complexity index is 806. The van der Waals surface area contributed by atoms with Crippen molar-refractivity contribution in [1.29, 1.82) is 0 Å². The standard InChI is InChI=1S/C21H29BrN2O3/c1-21(2,3)27-20(25)24(16-9-10-16)14-15-13-23(11-6-12-26-4)18-8-5-7-17(22)19(15)18/h5,7-8,13,16H,6,9-12,14H2,1-4H3. The Kier molecular flexibility index (Phi) is 6.16. The Labute approximate surface area is 169 Å². The van der Waals surface area contributed by atoms with Crippen LogP contribution in [-0.2, 0) is 22.6 Å². The molecule has 0 N–H and O–H groups in total. The van der Waals surface area contributed by atoms with Gasteiger partial charge in [-0.3, -0.25) is 0 Å². The molecule has 0 bridgehead atoms. The molecule has 0 atom stereocenters. The van der Waals surface area contributed by atoms with Crippen LogP contribution in [0.1, 0.15) is 45.6 Å². The molecule has 3 rings (SSSR count). The number of rotatable bonds is 7. The SMILES string of the molecule is COCCCn1cc(CN(C(=O)OC(C)(C)C)C2CC2)c2c(Br)cccc21. The Balaban J connectivity index is 1.89. The summed E-state index contributed by atoms with van der Waals surface area (Å²) in [7, 11) is 1.73. The van der Waals surface area contributed by atoms with Crippen molar-refractivity contribution in [2.24, 2.45) is 0 Å². The first-order valence-electron chi connectivity index (χ1n) is 9.55. The molecule has 0 unspecified atom stereocenters. The number of halogens is 1. The molecule has 2 aromatic rings. The molecule has 1 aromatic heterocycles. The molecule has 1 aromatic carbocycles. The fraction of sp³-hybridized carbons (Fsp3) is 0.571. The first-order chi connectivity index (χ1) is 12.8. The van der Waals surface area contributed by atoms with Crippen LogP contribution in [0.4, 0.5) is 4.79 Å². The summed E-state index contributed by atoms with van der Waals surface area (Å²) in [6.45, 7) is 7.92. The Morgan fingerprint density at radius 2 is 2.07 bits per heavy atom. The van der Waals surface area contributed by atoms with Crippen molar-refractivity contribution in [3.63, 3.8) is 0 Å². The van der Waals surface area contributed by atoms with Gasteiger partial charge in [-0.25, -0.2) is 4.79 Å². The monoisotopic (exact) mass is 436 g/mol. The van der Waals surface area contributed by atoms with E-state index in [9.17, 15) is 4.79 Å². The van der Waals surface area contributed by atoms with Crippen LogP contribution < -0.4 is 0 Å². The third-order valence-electron chi connectivity index (χ3n) is 4.64. The predicted molar refractivity (Wildman–Crippen MR) is 111 cm³/mol. The highest BCUT2D eigenvalue weighted by atomic mass is 79.9. The van der Waals surface area contributed by atoms with E-state index in [4.69, 9.17) is 9.47 Å². The molecule has 1 fully saturated rings. The van der Waals surface area contributed by atoms with E-state index in [2.05, 4.69) is 44.9 Å². The van der Waals surface area contributed by atoms with Gasteiger partial charge in [0, 0.05) is 47.9 Å². The topological polar surface area (TPSA) is 43.7 Å². The van der Waals surface area contributed by atoms with Crippen LogP contribution in [0.25, 0.3) is 10.9 Å². The van der Waals surface area contributed by atoms with Gasteiger partial charge in [-0.2, -0.15) is 0 Å². The second kappa shape index (κ2) is 8.23. The second-order valence-electron chi connectivity index (χ2n) is 8.17. The number of hydrogen-bond acceptors (Lipinski definition) is 3. The lowest BCUT2D eigenvalue weighted by Crippen LogP contribution is -2.37. The minimum Gasteiger partial charge on any atom is -0.444 e. The number of aryl methyl sites for hydroxylation is 1. The van der Waals surface area contributed by atoms with Gasteiger partial charge in [0.15, 0.2) is 0 Å². The number of carbonyl (C=O) groups is 1. The molecule has 1 amide bonds. The van der Waals surface area contributed by atoms with Gasteiger partial charge in [0.25, 0.3) is 0 Å². The van der Waals surface area contributed by atoms with Crippen molar-refractivity contribution in [3.05, 3.63) is 34.4 Å². The van der Waals surface area contributed by atoms with E-state index in [0.29, 0.717) is 6.54 Å². The minimum atomic E-state index is -0.487. The van der Waals surface area contributed by atoms with Crippen LogP contribution in [0.5, 0.6) is 0 Å². The zero-order chi connectivity index (χ0) is 19.6. The van der Waals surface area contributed by atoms with Crippen molar-refractivity contribution in [1.82, 2.24) is 9.47 Å². The maximum atomic E-state index is 12.8. The summed E-state index contributed by atoms with van der Waals surface area (Å²) in [5, 5.41) is 1.17. The fourth-order valence-corrected chi connectivity index (χ4v) is 3.92. The van der Waals surface area contributed by atoms with Gasteiger partial charge in [0.1, 0.15) is 5.60 Å². The molecule has 5 nitrogen and oxygen atoms in total. The average Bonchev–Trinajstić information content (AvgIpc) is 3.35. The summed E-state index contributed by atoms with van der Waals surface area (Å²) in [6, 6.07) is 6.52. The van der Waals surface area contributed by atoms with Crippen molar-refractivity contribution < 1.29 is 14.3 Å². The quantitative estimate of drug-likeness (QED) is 0.550. The van der Waals surface area contributed by atoms with Crippen LogP contribution in [0, 0.1) is 0 Å². The first kappa shape index (κ1) is 20.2. The van der Waals surface area contributed by atoms with Gasteiger partial charge in [-0.1, -0.05) is 22.0 Å². The van der Waals surface area contributed by atoms with Gasteiger partial charge in [-0.15, -0.1) is 0 Å². The van der Waals surface area contributed by atoms with Gasteiger partial charge in [0.2, 0.25) is 0 Å². The molecule has 148 valence electrons. The Morgan fingerprint density at radius 1 is 1.33 bits per heavy atom. The van der Waals surface area contributed by atoms with E-state index in [1.807, 2.05) is 25.7 Å². The summed E-state index contributed by atoms with van der Waals surface area (Å²) in [5.41, 5.74) is 1.84. The predicted octanol–water partition coefficient (Wildman–Crippen LogP) is 5.34. The normalized spacial score (nSPS) is 14.6. The highest BCUT2D eigenvalue weighted by molar-refractivity contribution is 9.10. The zero-order valence-electron chi connectivity index (χ0n) is 16.6. The summed E-state index contributed by atoms with van der Waals surface area (Å²) in [4.78, 5) is 14.6.